The Kier molecular flexibility index (Phi) is 37.1. The quantitative estimate of drug-likeness (QED) is 0.0850. The Labute approximate surface area is 344 Å². The number of aryl methyl sites for hydroxylation is 1. The summed E-state index contributed by atoms with van der Waals surface area (Å²) in [6, 6.07) is 11.3. The van der Waals surface area contributed by atoms with Gasteiger partial charge in [-0.2, -0.15) is 0 Å². The second-order valence-electron chi connectivity index (χ2n) is 17.9. The first-order valence-corrected chi connectivity index (χ1v) is 21.1. The van der Waals surface area contributed by atoms with Crippen LogP contribution in [-0.2, 0) is 11.2 Å². The van der Waals surface area contributed by atoms with Gasteiger partial charge in [0.1, 0.15) is 0 Å². The number of rotatable bonds is 20. The Morgan fingerprint density at radius 1 is 0.800 bits per heavy atom. The van der Waals surface area contributed by atoms with Crippen molar-refractivity contribution in [2.24, 2.45) is 52.4 Å². The van der Waals surface area contributed by atoms with E-state index in [1.54, 1.807) is 7.05 Å². The number of nitrogens with one attached hydrogen (secondary N) is 3. The zero-order chi connectivity index (χ0) is 43.9. The van der Waals surface area contributed by atoms with Gasteiger partial charge in [0.25, 0.3) is 0 Å². The molecule has 0 aliphatic heterocycles. The molecule has 1 rings (SSSR count). The number of carbonyl (C=O) groups excluding carboxylic acids is 1. The molecule has 0 saturated carbocycles. The van der Waals surface area contributed by atoms with E-state index < -0.39 is 0 Å². The summed E-state index contributed by atoms with van der Waals surface area (Å²) in [5.41, 5.74) is 15.6. The van der Waals surface area contributed by atoms with Crippen LogP contribution < -0.4 is 27.4 Å². The maximum atomic E-state index is 10.5. The maximum Gasteiger partial charge on any atom is 0.234 e. The van der Waals surface area contributed by atoms with E-state index in [1.807, 2.05) is 26.8 Å². The van der Waals surface area contributed by atoms with Crippen LogP contribution in [0.15, 0.2) is 79.6 Å². The van der Waals surface area contributed by atoms with Crippen LogP contribution in [0.4, 0.5) is 0 Å². The zero-order valence-electron chi connectivity index (χ0n) is 39.5. The van der Waals surface area contributed by atoms with Gasteiger partial charge in [-0.3, -0.25) is 4.79 Å². The first-order valence-electron chi connectivity index (χ1n) is 21.1. The van der Waals surface area contributed by atoms with Crippen LogP contribution in [0.3, 0.4) is 0 Å². The van der Waals surface area contributed by atoms with Gasteiger partial charge in [-0.1, -0.05) is 157 Å². The van der Waals surface area contributed by atoms with Gasteiger partial charge >= 0.3 is 0 Å². The Morgan fingerprint density at radius 3 is 1.56 bits per heavy atom. The molecule has 6 heteroatoms. The Balaban J connectivity index is -0.000000304. The number of nitrogens with two attached hydrogens (primary N) is 2. The van der Waals surface area contributed by atoms with Crippen LogP contribution in [-0.4, -0.2) is 44.7 Å². The number of hydrogen-bond donors (Lipinski definition) is 5. The van der Waals surface area contributed by atoms with Crippen molar-refractivity contribution >= 4 is 5.91 Å². The van der Waals surface area contributed by atoms with Crippen LogP contribution in [0.2, 0.25) is 0 Å². The van der Waals surface area contributed by atoms with E-state index in [-0.39, 0.29) is 17.9 Å². The minimum atomic E-state index is -0.285. The molecule has 0 fully saturated rings. The third-order valence-electron chi connectivity index (χ3n) is 9.54. The lowest BCUT2D eigenvalue weighted by Crippen LogP contribution is -2.42. The highest BCUT2D eigenvalue weighted by molar-refractivity contribution is 5.80. The van der Waals surface area contributed by atoms with Crippen molar-refractivity contribution in [3.05, 3.63) is 85.1 Å². The highest BCUT2D eigenvalue weighted by Gasteiger charge is 2.19. The zero-order valence-corrected chi connectivity index (χ0v) is 39.5. The molecule has 0 heterocycles. The number of carbonyl (C=O) groups is 1. The minimum absolute atomic E-state index is 0.190. The summed E-state index contributed by atoms with van der Waals surface area (Å²) in [5.74, 6) is 3.32. The largest absolute Gasteiger partial charge is 0.382 e. The molecule has 0 aliphatic rings. The van der Waals surface area contributed by atoms with Crippen molar-refractivity contribution in [3.8, 4) is 0 Å². The molecule has 7 N–H and O–H groups in total. The molecule has 0 aromatic heterocycles. The highest BCUT2D eigenvalue weighted by atomic mass is 16.1. The first-order chi connectivity index (χ1) is 25.3. The Hall–Kier alpha value is -2.67. The lowest BCUT2D eigenvalue weighted by molar-refractivity contribution is -0.120. The molecular weight excluding hydrogens is 675 g/mol. The summed E-state index contributed by atoms with van der Waals surface area (Å²) in [6.07, 6.45) is 9.12. The predicted molar refractivity (Wildman–Crippen MR) is 250 cm³/mol. The monoisotopic (exact) mass is 770 g/mol. The number of likely N-dealkylation sites (N-methyl/N-ethyl adjacent to an activating group) is 1. The van der Waals surface area contributed by atoms with E-state index in [1.165, 1.54) is 36.0 Å². The lowest BCUT2D eigenvalue weighted by atomic mass is 9.87. The summed E-state index contributed by atoms with van der Waals surface area (Å²) in [6.45, 7) is 49.2. The SMILES string of the molecule is C=C(C)C(C)CCN.C=C(CC(C)(C)C)NC(C(=C)C)C(C)C.C=CC(C)CC(C)[C@H](CCC(C)C)NC.CCc1ccccc1.CNC(C(N)=O)C(C)C. The van der Waals surface area contributed by atoms with E-state index in [0.29, 0.717) is 35.3 Å². The molecule has 0 saturated heterocycles. The molecule has 1 amide bonds. The van der Waals surface area contributed by atoms with E-state index in [2.05, 4.69) is 163 Å². The molecule has 0 bridgehead atoms. The number of allylic oxidation sites excluding steroid dienone is 3. The second kappa shape index (κ2) is 34.6. The summed E-state index contributed by atoms with van der Waals surface area (Å²) in [4.78, 5) is 10.5. The molecule has 5 unspecified atom stereocenters. The van der Waals surface area contributed by atoms with Crippen LogP contribution in [0, 0.1) is 40.9 Å². The minimum Gasteiger partial charge on any atom is -0.382 e. The van der Waals surface area contributed by atoms with E-state index in [0.717, 1.165) is 43.3 Å². The van der Waals surface area contributed by atoms with Crippen molar-refractivity contribution in [2.75, 3.05) is 20.6 Å². The fourth-order valence-corrected chi connectivity index (χ4v) is 5.86. The molecule has 0 aliphatic carbocycles. The summed E-state index contributed by atoms with van der Waals surface area (Å²) >= 11 is 0. The van der Waals surface area contributed by atoms with Gasteiger partial charge in [0.15, 0.2) is 0 Å². The number of hydrogen-bond acceptors (Lipinski definition) is 5. The molecule has 6 atom stereocenters. The number of amides is 1. The van der Waals surface area contributed by atoms with Crippen molar-refractivity contribution in [1.82, 2.24) is 16.0 Å². The smallest absolute Gasteiger partial charge is 0.234 e. The van der Waals surface area contributed by atoms with Gasteiger partial charge in [0.05, 0.1) is 6.04 Å². The third kappa shape index (κ3) is 36.7. The Morgan fingerprint density at radius 2 is 1.31 bits per heavy atom. The van der Waals surface area contributed by atoms with Crippen LogP contribution in [0.25, 0.3) is 0 Å². The van der Waals surface area contributed by atoms with Crippen molar-refractivity contribution in [2.45, 2.75) is 161 Å². The highest BCUT2D eigenvalue weighted by Crippen LogP contribution is 2.23. The van der Waals surface area contributed by atoms with Gasteiger partial charge < -0.3 is 27.4 Å². The van der Waals surface area contributed by atoms with Crippen LogP contribution in [0.5, 0.6) is 0 Å². The maximum absolute atomic E-state index is 10.5. The summed E-state index contributed by atoms with van der Waals surface area (Å²) in [7, 11) is 3.81. The van der Waals surface area contributed by atoms with Crippen molar-refractivity contribution < 1.29 is 4.79 Å². The third-order valence-corrected chi connectivity index (χ3v) is 9.54. The molecule has 55 heavy (non-hydrogen) atoms. The average Bonchev–Trinajstić information content (AvgIpc) is 3.07. The van der Waals surface area contributed by atoms with Gasteiger partial charge in [0.2, 0.25) is 5.91 Å². The van der Waals surface area contributed by atoms with E-state index in [9.17, 15) is 4.79 Å². The average molecular weight is 770 g/mol. The fourth-order valence-electron chi connectivity index (χ4n) is 5.86. The molecule has 1 aromatic rings. The van der Waals surface area contributed by atoms with Crippen molar-refractivity contribution in [3.63, 3.8) is 0 Å². The normalized spacial score (nSPS) is 14.1. The second-order valence-corrected chi connectivity index (χ2v) is 17.9. The Bertz CT molecular complexity index is 1120. The first kappa shape index (κ1) is 59.0. The van der Waals surface area contributed by atoms with Gasteiger partial charge in [0, 0.05) is 17.8 Å². The lowest BCUT2D eigenvalue weighted by Gasteiger charge is -2.28. The van der Waals surface area contributed by atoms with E-state index in [4.69, 9.17) is 11.5 Å². The molecule has 322 valence electrons. The van der Waals surface area contributed by atoms with Crippen molar-refractivity contribution in [1.29, 1.82) is 0 Å². The summed E-state index contributed by atoms with van der Waals surface area (Å²) in [5, 5.41) is 9.76. The topological polar surface area (TPSA) is 105 Å². The van der Waals surface area contributed by atoms with E-state index >= 15 is 0 Å². The standard InChI is InChI=1S/C14H27N.C14H29N.C8H10.C7H15N.C6H14N2O/c1-10(2)13(11(3)4)15-12(5)9-14(6,7)8;1-7-12(4)10-13(5)14(15-6)9-8-11(2)3;1-2-8-6-4-3-5-7-8;1-6(2)7(3)4-5-8;1-4(2)5(8-3)6(7)9/h11,13,15H,1,5,9H2,2-4,6-8H3;7,11-15H,1,8-10H2,2-6H3;3-7H,2H2,1H3;7H,1,4-5,8H2,2-3H3;4-5,8H,1-3H3,(H2,7,9)/t;12?,13?,14-;;;/m.0.../s1. The number of primary amides is 1. The summed E-state index contributed by atoms with van der Waals surface area (Å²) < 4.78 is 0. The van der Waals surface area contributed by atoms with Gasteiger partial charge in [-0.05, 0) is 119 Å². The molecule has 0 spiro atoms. The predicted octanol–water partition coefficient (Wildman–Crippen LogP) is 11.5. The van der Waals surface area contributed by atoms with Crippen LogP contribution >= 0.6 is 0 Å². The fraction of sp³-hybridized carbons (Fsp3) is 0.694. The van der Waals surface area contributed by atoms with Gasteiger partial charge in [-0.15, -0.1) is 6.58 Å². The van der Waals surface area contributed by atoms with Gasteiger partial charge in [-0.25, -0.2) is 0 Å². The molecule has 6 nitrogen and oxygen atoms in total. The molecule has 1 aromatic carbocycles. The number of benzene rings is 1. The molecular formula is C49H95N5O. The molecule has 0 radical (unpaired) electrons. The van der Waals surface area contributed by atoms with Crippen LogP contribution in [0.1, 0.15) is 142 Å².